The first-order chi connectivity index (χ1) is 8.23. The van der Waals surface area contributed by atoms with Crippen LogP contribution in [0.4, 0.5) is 4.79 Å². The molecule has 0 bridgehead atoms. The van der Waals surface area contributed by atoms with Crippen LogP contribution in [0.25, 0.3) is 0 Å². The van der Waals surface area contributed by atoms with Gasteiger partial charge in [0, 0.05) is 16.2 Å². The lowest BCUT2D eigenvalue weighted by Gasteiger charge is -2.22. The standard InChI is InChI=1S/C13H27N3O2.3H2/c1-8(2)7-11(12(17)9(3)4)14-13(18)16-15-10(5)6;;;/h8-11,15H,7H2,1-6H3,(H2,14,16,18);3*1H/t11-;;;/m1.../s1. The molecule has 0 rings (SSSR count). The monoisotopic (exact) mass is 263 g/mol. The van der Waals surface area contributed by atoms with Crippen molar-refractivity contribution in [2.75, 3.05) is 0 Å². The summed E-state index contributed by atoms with van der Waals surface area (Å²) in [6.07, 6.45) is 0.659. The van der Waals surface area contributed by atoms with Crippen molar-refractivity contribution in [1.29, 1.82) is 0 Å². The Hall–Kier alpha value is -1.10. The second kappa shape index (κ2) is 8.08. The van der Waals surface area contributed by atoms with Crippen LogP contribution in [0.15, 0.2) is 0 Å². The number of amides is 2. The van der Waals surface area contributed by atoms with Gasteiger partial charge in [0.25, 0.3) is 0 Å². The van der Waals surface area contributed by atoms with E-state index in [4.69, 9.17) is 0 Å². The van der Waals surface area contributed by atoms with Gasteiger partial charge in [0.2, 0.25) is 0 Å². The number of hydrogen-bond donors (Lipinski definition) is 3. The first kappa shape index (κ1) is 16.9. The normalized spacial score (nSPS) is 12.9. The van der Waals surface area contributed by atoms with E-state index in [2.05, 4.69) is 16.2 Å². The van der Waals surface area contributed by atoms with Gasteiger partial charge in [-0.25, -0.2) is 10.2 Å². The molecular weight excluding hydrogens is 230 g/mol. The molecule has 0 aliphatic rings. The molecule has 0 heterocycles. The molecule has 0 spiro atoms. The summed E-state index contributed by atoms with van der Waals surface area (Å²) in [4.78, 5) is 23.6. The minimum absolute atomic E-state index is 0. The molecule has 0 fully saturated rings. The van der Waals surface area contributed by atoms with Crippen molar-refractivity contribution in [2.24, 2.45) is 11.8 Å². The molecule has 0 aliphatic heterocycles. The number of ketones is 1. The molecule has 1 atom stereocenters. The van der Waals surface area contributed by atoms with Gasteiger partial charge in [0.1, 0.15) is 0 Å². The van der Waals surface area contributed by atoms with Crippen LogP contribution in [0.2, 0.25) is 0 Å². The molecular formula is C13H33N3O2. The second-order valence-electron chi connectivity index (χ2n) is 5.64. The van der Waals surface area contributed by atoms with Crippen LogP contribution in [-0.4, -0.2) is 23.9 Å². The highest BCUT2D eigenvalue weighted by molar-refractivity contribution is 5.89. The Morgan fingerprint density at radius 2 is 1.61 bits per heavy atom. The van der Waals surface area contributed by atoms with Crippen LogP contribution in [0, 0.1) is 11.8 Å². The molecule has 0 saturated carbocycles. The summed E-state index contributed by atoms with van der Waals surface area (Å²) < 4.78 is 0. The van der Waals surface area contributed by atoms with E-state index < -0.39 is 6.04 Å². The smallest absolute Gasteiger partial charge is 0.327 e. The third kappa shape index (κ3) is 7.27. The van der Waals surface area contributed by atoms with Gasteiger partial charge in [-0.05, 0) is 26.2 Å². The molecule has 0 aromatic heterocycles. The molecule has 0 aromatic carbocycles. The third-order valence-electron chi connectivity index (χ3n) is 2.40. The van der Waals surface area contributed by atoms with Gasteiger partial charge in [-0.1, -0.05) is 27.7 Å². The van der Waals surface area contributed by atoms with Gasteiger partial charge < -0.3 is 5.32 Å². The molecule has 5 nitrogen and oxygen atoms in total. The molecule has 112 valence electrons. The zero-order valence-electron chi connectivity index (χ0n) is 12.3. The van der Waals surface area contributed by atoms with Gasteiger partial charge in [-0.2, -0.15) is 0 Å². The Labute approximate surface area is 115 Å². The highest BCUT2D eigenvalue weighted by Gasteiger charge is 2.23. The van der Waals surface area contributed by atoms with Crippen LogP contribution in [-0.2, 0) is 4.79 Å². The van der Waals surface area contributed by atoms with Crippen molar-refractivity contribution in [3.63, 3.8) is 0 Å². The molecule has 18 heavy (non-hydrogen) atoms. The molecule has 0 unspecified atom stereocenters. The Kier molecular flexibility index (Phi) is 7.59. The number of hydrogen-bond acceptors (Lipinski definition) is 3. The summed E-state index contributed by atoms with van der Waals surface area (Å²) in [5.41, 5.74) is 5.33. The summed E-state index contributed by atoms with van der Waals surface area (Å²) in [5, 5.41) is 2.72. The zero-order chi connectivity index (χ0) is 14.3. The predicted molar refractivity (Wildman–Crippen MR) is 79.4 cm³/mol. The van der Waals surface area contributed by atoms with Crippen molar-refractivity contribution < 1.29 is 13.9 Å². The fourth-order valence-corrected chi connectivity index (χ4v) is 1.52. The Morgan fingerprint density at radius 3 is 2.00 bits per heavy atom. The van der Waals surface area contributed by atoms with Crippen molar-refractivity contribution in [3.05, 3.63) is 0 Å². The maximum atomic E-state index is 12.0. The number of carbonyl (C=O) groups excluding carboxylic acids is 2. The maximum absolute atomic E-state index is 12.0. The lowest BCUT2D eigenvalue weighted by Crippen LogP contribution is -2.52. The summed E-state index contributed by atoms with van der Waals surface area (Å²) in [7, 11) is 0. The van der Waals surface area contributed by atoms with Crippen molar-refractivity contribution in [1.82, 2.24) is 16.2 Å². The highest BCUT2D eigenvalue weighted by atomic mass is 16.2. The average molecular weight is 263 g/mol. The molecule has 0 aliphatic carbocycles. The van der Waals surface area contributed by atoms with Crippen LogP contribution < -0.4 is 16.2 Å². The number of Topliss-reactive ketones (excluding diaryl/α,β-unsaturated/α-hetero) is 1. The number of nitrogens with one attached hydrogen (secondary N) is 3. The summed E-state index contributed by atoms with van der Waals surface area (Å²) in [5.74, 6) is 0.353. The molecule has 3 N–H and O–H groups in total. The van der Waals surface area contributed by atoms with Gasteiger partial charge in [0.05, 0.1) is 6.04 Å². The van der Waals surface area contributed by atoms with Crippen LogP contribution in [0.5, 0.6) is 0 Å². The minimum Gasteiger partial charge on any atom is -0.327 e. The lowest BCUT2D eigenvalue weighted by molar-refractivity contribution is -0.124. The predicted octanol–water partition coefficient (Wildman–Crippen LogP) is 2.58. The van der Waals surface area contributed by atoms with E-state index in [1.807, 2.05) is 41.5 Å². The Bertz CT molecular complexity index is 288. The molecule has 2 amide bonds. The lowest BCUT2D eigenvalue weighted by atomic mass is 9.94. The highest BCUT2D eigenvalue weighted by Crippen LogP contribution is 2.10. The number of hydrazine groups is 1. The Morgan fingerprint density at radius 1 is 1.06 bits per heavy atom. The van der Waals surface area contributed by atoms with Crippen molar-refractivity contribution in [2.45, 2.75) is 60.0 Å². The Balaban J connectivity index is -0.000000482. The van der Waals surface area contributed by atoms with Gasteiger partial charge in [-0.15, -0.1) is 0 Å². The number of rotatable bonds is 7. The average Bonchev–Trinajstić information content (AvgIpc) is 2.23. The topological polar surface area (TPSA) is 70.2 Å². The van der Waals surface area contributed by atoms with Crippen molar-refractivity contribution in [3.8, 4) is 0 Å². The van der Waals surface area contributed by atoms with Crippen LogP contribution >= 0.6 is 0 Å². The molecule has 5 heteroatoms. The SMILES string of the molecule is CC(C)C[C@@H](NC(=O)NNC(C)C)C(=O)C(C)C.[HH].[HH].[HH]. The quantitative estimate of drug-likeness (QED) is 0.618. The van der Waals surface area contributed by atoms with E-state index in [1.165, 1.54) is 0 Å². The van der Waals surface area contributed by atoms with Crippen molar-refractivity contribution >= 4 is 11.8 Å². The van der Waals surface area contributed by atoms with E-state index in [1.54, 1.807) is 0 Å². The molecule has 0 saturated heterocycles. The van der Waals surface area contributed by atoms with Gasteiger partial charge >= 0.3 is 6.03 Å². The third-order valence-corrected chi connectivity index (χ3v) is 2.40. The van der Waals surface area contributed by atoms with E-state index >= 15 is 0 Å². The summed E-state index contributed by atoms with van der Waals surface area (Å²) >= 11 is 0. The van der Waals surface area contributed by atoms with E-state index in [0.717, 1.165) is 0 Å². The molecule has 0 aromatic rings. The first-order valence-electron chi connectivity index (χ1n) is 6.59. The number of urea groups is 1. The van der Waals surface area contributed by atoms with E-state index in [9.17, 15) is 9.59 Å². The largest absolute Gasteiger partial charge is 0.329 e. The maximum Gasteiger partial charge on any atom is 0.329 e. The van der Waals surface area contributed by atoms with E-state index in [0.29, 0.717) is 12.3 Å². The second-order valence-corrected chi connectivity index (χ2v) is 5.64. The fraction of sp³-hybridized carbons (Fsp3) is 0.846. The first-order valence-corrected chi connectivity index (χ1v) is 6.59. The van der Waals surface area contributed by atoms with Gasteiger partial charge in [0.15, 0.2) is 5.78 Å². The number of carbonyl (C=O) groups is 2. The summed E-state index contributed by atoms with van der Waals surface area (Å²) in [6, 6.07) is -0.623. The fourth-order valence-electron chi connectivity index (χ4n) is 1.52. The minimum atomic E-state index is -0.418. The summed E-state index contributed by atoms with van der Waals surface area (Å²) in [6.45, 7) is 11.6. The molecule has 0 radical (unpaired) electrons. The van der Waals surface area contributed by atoms with Crippen LogP contribution in [0.3, 0.4) is 0 Å². The zero-order valence-corrected chi connectivity index (χ0v) is 12.3. The van der Waals surface area contributed by atoms with Gasteiger partial charge in [-0.3, -0.25) is 10.2 Å². The van der Waals surface area contributed by atoms with E-state index in [-0.39, 0.29) is 28.1 Å². The van der Waals surface area contributed by atoms with Crippen LogP contribution in [0.1, 0.15) is 52.2 Å².